The van der Waals surface area contributed by atoms with E-state index >= 15 is 0 Å². The lowest BCUT2D eigenvalue weighted by Gasteiger charge is -2.15. The van der Waals surface area contributed by atoms with Crippen LogP contribution in [-0.4, -0.2) is 29.2 Å². The minimum absolute atomic E-state index is 0.0697. The van der Waals surface area contributed by atoms with Crippen LogP contribution >= 0.6 is 0 Å². The zero-order chi connectivity index (χ0) is 23.1. The molecule has 0 aliphatic heterocycles. The van der Waals surface area contributed by atoms with E-state index in [4.69, 9.17) is 5.84 Å². The summed E-state index contributed by atoms with van der Waals surface area (Å²) in [6.45, 7) is 0. The second-order valence-corrected chi connectivity index (χ2v) is 6.97. The van der Waals surface area contributed by atoms with Crippen molar-refractivity contribution in [1.82, 2.24) is 5.32 Å². The molecule has 32 heavy (non-hydrogen) atoms. The number of aliphatic carboxylic acids is 1. The second kappa shape index (κ2) is 10.00. The Morgan fingerprint density at radius 1 is 1.16 bits per heavy atom. The number of benzene rings is 3. The van der Waals surface area contributed by atoms with E-state index in [1.54, 1.807) is 36.4 Å². The quantitative estimate of drug-likeness (QED) is 0.301. The van der Waals surface area contributed by atoms with E-state index < -0.39 is 23.7 Å². The number of rotatable bonds is 7. The van der Waals surface area contributed by atoms with Crippen LogP contribution in [0, 0.1) is 17.1 Å². The molecule has 0 heterocycles. The van der Waals surface area contributed by atoms with Crippen LogP contribution in [-0.2, 0) is 11.2 Å². The summed E-state index contributed by atoms with van der Waals surface area (Å²) in [5, 5.41) is 24.7. The molecule has 1 amide bonds. The predicted octanol–water partition coefficient (Wildman–Crippen LogP) is 3.08. The smallest absolute Gasteiger partial charge is 0.326 e. The third-order valence-electron chi connectivity index (χ3n) is 4.78. The molecule has 0 spiro atoms. The third-order valence-corrected chi connectivity index (χ3v) is 4.78. The lowest BCUT2D eigenvalue weighted by molar-refractivity contribution is -0.139. The van der Waals surface area contributed by atoms with Crippen LogP contribution in [0.5, 0.6) is 0 Å². The van der Waals surface area contributed by atoms with Gasteiger partial charge in [-0.05, 0) is 47.0 Å². The van der Waals surface area contributed by atoms with E-state index in [9.17, 15) is 24.3 Å². The van der Waals surface area contributed by atoms with E-state index in [1.165, 1.54) is 36.5 Å². The molecule has 0 fully saturated rings. The zero-order valence-corrected chi connectivity index (χ0v) is 16.8. The fourth-order valence-electron chi connectivity index (χ4n) is 3.22. The van der Waals surface area contributed by atoms with Crippen molar-refractivity contribution in [3.8, 4) is 17.2 Å². The minimum atomic E-state index is -1.17. The Kier molecular flexibility index (Phi) is 6.93. The molecule has 3 aromatic rings. The number of carbonyl (C=O) groups excluding carboxylic acids is 1. The monoisotopic (exact) mass is 430 g/mol. The van der Waals surface area contributed by atoms with Gasteiger partial charge in [0.25, 0.3) is 5.91 Å². The summed E-state index contributed by atoms with van der Waals surface area (Å²) >= 11 is 0. The number of nitriles is 1. The van der Waals surface area contributed by atoms with Gasteiger partial charge in [-0.2, -0.15) is 10.4 Å². The third kappa shape index (κ3) is 5.34. The summed E-state index contributed by atoms with van der Waals surface area (Å²) in [6.07, 6.45) is 1.51. The van der Waals surface area contributed by atoms with Gasteiger partial charge in [0.1, 0.15) is 11.9 Å². The molecule has 3 rings (SSSR count). The molecule has 0 aliphatic carbocycles. The average Bonchev–Trinajstić information content (AvgIpc) is 2.79. The number of carboxylic acid groups (broad SMARTS) is 1. The minimum Gasteiger partial charge on any atom is -0.480 e. The molecule has 0 radical (unpaired) electrons. The van der Waals surface area contributed by atoms with E-state index in [1.807, 2.05) is 6.07 Å². The summed E-state index contributed by atoms with van der Waals surface area (Å²) < 4.78 is 13.6. The van der Waals surface area contributed by atoms with Gasteiger partial charge in [0.15, 0.2) is 0 Å². The van der Waals surface area contributed by atoms with E-state index in [0.717, 1.165) is 0 Å². The SMILES string of the molecule is N#Cc1ccc(F)cc1-c1ccc(C(=O)N[C@@H](Cc2cccc(C=NN)c2)C(=O)O)cc1. The van der Waals surface area contributed by atoms with Crippen LogP contribution in [0.2, 0.25) is 0 Å². The molecule has 0 unspecified atom stereocenters. The molecular weight excluding hydrogens is 411 g/mol. The zero-order valence-electron chi connectivity index (χ0n) is 16.8. The number of hydrazone groups is 1. The Balaban J connectivity index is 1.76. The summed E-state index contributed by atoms with van der Waals surface area (Å²) in [5.74, 6) is 2.92. The number of halogens is 1. The Morgan fingerprint density at radius 3 is 2.56 bits per heavy atom. The maximum Gasteiger partial charge on any atom is 0.326 e. The first kappa shape index (κ1) is 22.2. The number of nitrogens with one attached hydrogen (secondary N) is 1. The van der Waals surface area contributed by atoms with Crippen molar-refractivity contribution in [1.29, 1.82) is 5.26 Å². The number of carboxylic acids is 1. The van der Waals surface area contributed by atoms with Crippen LogP contribution < -0.4 is 11.2 Å². The lowest BCUT2D eigenvalue weighted by Crippen LogP contribution is -2.42. The van der Waals surface area contributed by atoms with Crippen LogP contribution in [0.3, 0.4) is 0 Å². The van der Waals surface area contributed by atoms with Crippen LogP contribution in [0.1, 0.15) is 27.0 Å². The van der Waals surface area contributed by atoms with Gasteiger partial charge in [0.2, 0.25) is 0 Å². The molecule has 7 nitrogen and oxygen atoms in total. The Morgan fingerprint density at radius 2 is 1.91 bits per heavy atom. The van der Waals surface area contributed by atoms with Gasteiger partial charge in [0, 0.05) is 17.5 Å². The highest BCUT2D eigenvalue weighted by Gasteiger charge is 2.21. The topological polar surface area (TPSA) is 129 Å². The second-order valence-electron chi connectivity index (χ2n) is 6.97. The molecule has 0 aliphatic rings. The molecule has 4 N–H and O–H groups in total. The molecule has 0 bridgehead atoms. The molecule has 0 aromatic heterocycles. The first-order valence-corrected chi connectivity index (χ1v) is 9.57. The molecule has 160 valence electrons. The van der Waals surface area contributed by atoms with Crippen molar-refractivity contribution in [3.05, 3.63) is 94.8 Å². The van der Waals surface area contributed by atoms with Crippen molar-refractivity contribution in [2.75, 3.05) is 0 Å². The van der Waals surface area contributed by atoms with Crippen molar-refractivity contribution in [3.63, 3.8) is 0 Å². The summed E-state index contributed by atoms with van der Waals surface area (Å²) in [6, 6.07) is 17.8. The van der Waals surface area contributed by atoms with Gasteiger partial charge in [0.05, 0.1) is 17.8 Å². The number of hydrogen-bond acceptors (Lipinski definition) is 5. The highest BCUT2D eigenvalue weighted by Crippen LogP contribution is 2.25. The van der Waals surface area contributed by atoms with Crippen molar-refractivity contribution >= 4 is 18.1 Å². The van der Waals surface area contributed by atoms with Crippen molar-refractivity contribution < 1.29 is 19.1 Å². The molecule has 0 saturated carbocycles. The number of amides is 1. The molecule has 8 heteroatoms. The molecular formula is C24H19FN4O3. The van der Waals surface area contributed by atoms with Crippen LogP contribution in [0.15, 0.2) is 71.8 Å². The normalized spacial score (nSPS) is 11.6. The lowest BCUT2D eigenvalue weighted by atomic mass is 9.98. The van der Waals surface area contributed by atoms with Gasteiger partial charge in [-0.1, -0.05) is 36.4 Å². The summed E-state index contributed by atoms with van der Waals surface area (Å²) in [5.41, 5.74) is 2.91. The van der Waals surface area contributed by atoms with Crippen LogP contribution in [0.4, 0.5) is 4.39 Å². The van der Waals surface area contributed by atoms with Gasteiger partial charge in [-0.15, -0.1) is 0 Å². The standard InChI is InChI=1S/C24H19FN4O3/c25-20-9-8-19(13-26)21(12-20)17-4-6-18(7-5-17)23(30)29-22(24(31)32)11-15-2-1-3-16(10-15)14-28-27/h1-10,12,14,22H,11,27H2,(H,29,30)(H,31,32)/t22-/m0/s1. The van der Waals surface area contributed by atoms with Gasteiger partial charge in [-0.3, -0.25) is 4.79 Å². The Hall–Kier alpha value is -4.51. The summed E-state index contributed by atoms with van der Waals surface area (Å²) in [7, 11) is 0. The van der Waals surface area contributed by atoms with Gasteiger partial charge >= 0.3 is 5.97 Å². The maximum absolute atomic E-state index is 13.6. The molecule has 1 atom stereocenters. The molecule has 0 saturated heterocycles. The number of carbonyl (C=O) groups is 2. The van der Waals surface area contributed by atoms with Crippen LogP contribution in [0.25, 0.3) is 11.1 Å². The van der Waals surface area contributed by atoms with Crippen molar-refractivity contribution in [2.45, 2.75) is 12.5 Å². The Bertz CT molecular complexity index is 1220. The number of nitrogens with zero attached hydrogens (tertiary/aromatic N) is 2. The highest BCUT2D eigenvalue weighted by atomic mass is 19.1. The Labute approximate surface area is 183 Å². The van der Waals surface area contributed by atoms with Gasteiger partial charge in [-0.25, -0.2) is 9.18 Å². The maximum atomic E-state index is 13.6. The fraction of sp³-hybridized carbons (Fsp3) is 0.0833. The van der Waals surface area contributed by atoms with Gasteiger partial charge < -0.3 is 16.3 Å². The molecule has 3 aromatic carbocycles. The van der Waals surface area contributed by atoms with E-state index in [-0.39, 0.29) is 12.0 Å². The highest BCUT2D eigenvalue weighted by molar-refractivity contribution is 5.97. The fourth-order valence-corrected chi connectivity index (χ4v) is 3.22. The largest absolute Gasteiger partial charge is 0.480 e. The average molecular weight is 430 g/mol. The first-order chi connectivity index (χ1) is 15.4. The first-order valence-electron chi connectivity index (χ1n) is 9.57. The number of hydrogen-bond donors (Lipinski definition) is 3. The van der Waals surface area contributed by atoms with Crippen molar-refractivity contribution in [2.24, 2.45) is 10.9 Å². The number of nitrogens with two attached hydrogens (primary N) is 1. The van der Waals surface area contributed by atoms with E-state index in [0.29, 0.717) is 27.8 Å². The van der Waals surface area contributed by atoms with E-state index in [2.05, 4.69) is 10.4 Å². The summed E-state index contributed by atoms with van der Waals surface area (Å²) in [4.78, 5) is 24.3. The predicted molar refractivity (Wildman–Crippen MR) is 117 cm³/mol.